The van der Waals surface area contributed by atoms with Crippen LogP contribution in [-0.2, 0) is 0 Å². The molecule has 0 radical (unpaired) electrons. The number of para-hydroxylation sites is 2. The van der Waals surface area contributed by atoms with Crippen LogP contribution in [0.1, 0.15) is 95.2 Å². The summed E-state index contributed by atoms with van der Waals surface area (Å²) in [4.78, 5) is 9.47. The van der Waals surface area contributed by atoms with Gasteiger partial charge in [-0.25, -0.2) is 0 Å². The molecule has 8 nitrogen and oxygen atoms in total. The highest BCUT2D eigenvalue weighted by Gasteiger charge is 2.29. The van der Waals surface area contributed by atoms with E-state index in [4.69, 9.17) is 9.98 Å². The molecule has 278 valence electrons. The highest BCUT2D eigenvalue weighted by molar-refractivity contribution is 6.15. The molecule has 0 saturated carbocycles. The predicted molar refractivity (Wildman–Crippen MR) is 221 cm³/mol. The Bertz CT molecular complexity index is 2360. The molecule has 6 aromatic rings. The second-order valence-electron chi connectivity index (χ2n) is 15.0. The van der Waals surface area contributed by atoms with Crippen molar-refractivity contribution in [3.05, 3.63) is 104 Å². The summed E-state index contributed by atoms with van der Waals surface area (Å²) in [7, 11) is 0. The molecule has 0 heterocycles. The molecule has 0 aliphatic carbocycles. The largest absolute Gasteiger partial charge is 0.507 e. The number of nitrogens with zero attached hydrogens (tertiary/aromatic N) is 2. The van der Waals surface area contributed by atoms with Crippen molar-refractivity contribution in [2.45, 2.75) is 81.1 Å². The van der Waals surface area contributed by atoms with Crippen LogP contribution >= 0.6 is 0 Å². The summed E-state index contributed by atoms with van der Waals surface area (Å²) in [5.74, 6) is -2.32. The molecule has 0 bridgehead atoms. The molecule has 6 aromatic carbocycles. The molecular formula is C46H48N2O6. The van der Waals surface area contributed by atoms with Gasteiger partial charge in [0, 0.05) is 45.5 Å². The SMILES string of the molecule is Cc1cccc(C)c1N=Cc1c(O)c(O)c(C(C)C)c2cc(C)c(-c3c(C)cc4c(C(C)C)c(O)c(O)c(C=Nc5c(C)cccc5C)c4c3O)c(O)c12. The van der Waals surface area contributed by atoms with Gasteiger partial charge in [-0.05, 0) is 97.5 Å². The van der Waals surface area contributed by atoms with E-state index in [1.807, 2.05) is 118 Å². The maximum Gasteiger partial charge on any atom is 0.167 e. The lowest BCUT2D eigenvalue weighted by molar-refractivity contribution is 0.398. The third-order valence-electron chi connectivity index (χ3n) is 10.5. The van der Waals surface area contributed by atoms with E-state index in [1.54, 1.807) is 0 Å². The molecule has 6 rings (SSSR count). The Morgan fingerprint density at radius 3 is 1.06 bits per heavy atom. The lowest BCUT2D eigenvalue weighted by atomic mass is 9.83. The minimum atomic E-state index is -0.419. The van der Waals surface area contributed by atoms with E-state index in [9.17, 15) is 30.6 Å². The standard InChI is InChI=1S/C46H48N2O6/c1-21(2)33-29-17-27(9)35(43(51)37(29)31(41(49)45(33)53)19-47-39-23(5)13-11-14-24(39)6)36-28(10)18-30-34(22(3)4)46(54)42(50)32(38(30)44(36)52)20-48-40-25(7)15-12-16-26(40)8/h11-22,49-54H,1-10H3. The van der Waals surface area contributed by atoms with Gasteiger partial charge >= 0.3 is 0 Å². The third kappa shape index (κ3) is 6.05. The van der Waals surface area contributed by atoms with Crippen molar-refractivity contribution in [3.8, 4) is 45.6 Å². The van der Waals surface area contributed by atoms with E-state index in [0.717, 1.165) is 22.3 Å². The Labute approximate surface area is 316 Å². The van der Waals surface area contributed by atoms with E-state index in [0.29, 0.717) is 55.5 Å². The molecule has 0 amide bonds. The van der Waals surface area contributed by atoms with Crippen LogP contribution in [0.25, 0.3) is 32.7 Å². The van der Waals surface area contributed by atoms with E-state index in [2.05, 4.69) is 0 Å². The summed E-state index contributed by atoms with van der Waals surface area (Å²) < 4.78 is 0. The molecule has 0 fully saturated rings. The fourth-order valence-corrected chi connectivity index (χ4v) is 7.90. The van der Waals surface area contributed by atoms with Gasteiger partial charge in [0.25, 0.3) is 0 Å². The van der Waals surface area contributed by atoms with Gasteiger partial charge in [-0.3, -0.25) is 9.98 Å². The molecule has 0 saturated heterocycles. The molecule has 0 aliphatic heterocycles. The highest BCUT2D eigenvalue weighted by atomic mass is 16.3. The minimum Gasteiger partial charge on any atom is -0.507 e. The molecular weight excluding hydrogens is 677 g/mol. The molecule has 0 aromatic heterocycles. The number of phenolic OH excluding ortho intramolecular Hbond substituents is 6. The summed E-state index contributed by atoms with van der Waals surface area (Å²) in [5, 5.41) is 72.3. The summed E-state index contributed by atoms with van der Waals surface area (Å²) in [6.45, 7) is 19.0. The third-order valence-corrected chi connectivity index (χ3v) is 10.5. The number of hydrogen-bond donors (Lipinski definition) is 6. The van der Waals surface area contributed by atoms with Crippen LogP contribution < -0.4 is 0 Å². The predicted octanol–water partition coefficient (Wildman–Crippen LogP) is 11.5. The average Bonchev–Trinajstić information content (AvgIpc) is 3.08. The van der Waals surface area contributed by atoms with Crippen molar-refractivity contribution in [3.63, 3.8) is 0 Å². The second-order valence-corrected chi connectivity index (χ2v) is 15.0. The first-order chi connectivity index (χ1) is 25.5. The number of hydrogen-bond acceptors (Lipinski definition) is 8. The summed E-state index contributed by atoms with van der Waals surface area (Å²) in [6.07, 6.45) is 2.92. The van der Waals surface area contributed by atoms with Gasteiger partial charge in [-0.15, -0.1) is 0 Å². The van der Waals surface area contributed by atoms with E-state index >= 15 is 0 Å². The molecule has 6 N–H and O–H groups in total. The zero-order valence-corrected chi connectivity index (χ0v) is 32.5. The summed E-state index contributed by atoms with van der Waals surface area (Å²) in [6, 6.07) is 15.3. The van der Waals surface area contributed by atoms with Crippen LogP contribution in [0.2, 0.25) is 0 Å². The maximum atomic E-state index is 12.5. The molecule has 0 atom stereocenters. The zero-order chi connectivity index (χ0) is 39.5. The average molecular weight is 725 g/mol. The molecule has 8 heteroatoms. The van der Waals surface area contributed by atoms with E-state index in [-0.39, 0.29) is 56.7 Å². The number of aryl methyl sites for hydroxylation is 6. The minimum absolute atomic E-state index is 0.123. The summed E-state index contributed by atoms with van der Waals surface area (Å²) in [5.41, 5.74) is 8.05. The molecule has 0 unspecified atom stereocenters. The number of benzene rings is 6. The molecule has 54 heavy (non-hydrogen) atoms. The van der Waals surface area contributed by atoms with E-state index < -0.39 is 11.5 Å². The Hall–Kier alpha value is -6.02. The van der Waals surface area contributed by atoms with Crippen LogP contribution in [0.15, 0.2) is 58.5 Å². The topological polar surface area (TPSA) is 146 Å². The van der Waals surface area contributed by atoms with Gasteiger partial charge in [0.15, 0.2) is 23.0 Å². The Morgan fingerprint density at radius 2 is 0.759 bits per heavy atom. The van der Waals surface area contributed by atoms with Gasteiger partial charge in [0.1, 0.15) is 11.5 Å². The number of aromatic hydroxyl groups is 6. The molecule has 0 aliphatic rings. The Morgan fingerprint density at radius 1 is 0.444 bits per heavy atom. The van der Waals surface area contributed by atoms with Crippen molar-refractivity contribution >= 4 is 45.3 Å². The van der Waals surface area contributed by atoms with Crippen LogP contribution in [0.4, 0.5) is 11.4 Å². The second kappa shape index (κ2) is 14.1. The molecule has 0 spiro atoms. The van der Waals surface area contributed by atoms with Crippen LogP contribution in [-0.4, -0.2) is 43.1 Å². The first-order valence-electron chi connectivity index (χ1n) is 18.2. The van der Waals surface area contributed by atoms with Gasteiger partial charge in [0.2, 0.25) is 0 Å². The number of aliphatic imine (C=N–C) groups is 2. The first-order valence-corrected chi connectivity index (χ1v) is 18.2. The van der Waals surface area contributed by atoms with Crippen molar-refractivity contribution in [1.29, 1.82) is 0 Å². The number of rotatable bonds is 7. The fraction of sp³-hybridized carbons (Fsp3) is 0.261. The Kier molecular flexibility index (Phi) is 9.84. The van der Waals surface area contributed by atoms with Crippen molar-refractivity contribution < 1.29 is 30.6 Å². The summed E-state index contributed by atoms with van der Waals surface area (Å²) >= 11 is 0. The van der Waals surface area contributed by atoms with Crippen LogP contribution in [0.5, 0.6) is 34.5 Å². The van der Waals surface area contributed by atoms with Gasteiger partial charge < -0.3 is 30.6 Å². The maximum absolute atomic E-state index is 12.5. The number of fused-ring (bicyclic) bond motifs is 2. The van der Waals surface area contributed by atoms with Gasteiger partial charge in [-0.1, -0.05) is 76.2 Å². The monoisotopic (exact) mass is 724 g/mol. The van der Waals surface area contributed by atoms with Crippen molar-refractivity contribution in [2.75, 3.05) is 0 Å². The van der Waals surface area contributed by atoms with Crippen molar-refractivity contribution in [1.82, 2.24) is 0 Å². The zero-order valence-electron chi connectivity index (χ0n) is 32.5. The number of phenols is 6. The smallest absolute Gasteiger partial charge is 0.167 e. The lowest BCUT2D eigenvalue weighted by Gasteiger charge is -2.23. The van der Waals surface area contributed by atoms with E-state index in [1.165, 1.54) is 12.4 Å². The van der Waals surface area contributed by atoms with Crippen LogP contribution in [0, 0.1) is 41.5 Å². The van der Waals surface area contributed by atoms with Crippen LogP contribution in [0.3, 0.4) is 0 Å². The fourth-order valence-electron chi connectivity index (χ4n) is 7.90. The van der Waals surface area contributed by atoms with Crippen molar-refractivity contribution in [2.24, 2.45) is 9.98 Å². The quantitative estimate of drug-likeness (QED) is 0.0713. The lowest BCUT2D eigenvalue weighted by Crippen LogP contribution is -2.01. The van der Waals surface area contributed by atoms with Gasteiger partial charge in [0.05, 0.1) is 22.5 Å². The normalized spacial score (nSPS) is 12.1. The highest BCUT2D eigenvalue weighted by Crippen LogP contribution is 2.54. The van der Waals surface area contributed by atoms with Gasteiger partial charge in [-0.2, -0.15) is 0 Å². The first kappa shape index (κ1) is 37.7. The Balaban J connectivity index is 1.74.